The maximum Gasteiger partial charge on any atom is 0.329 e. The lowest BCUT2D eigenvalue weighted by molar-refractivity contribution is -0.151. The zero-order chi connectivity index (χ0) is 15.2. The van der Waals surface area contributed by atoms with Gasteiger partial charge in [-0.05, 0) is 18.6 Å². The van der Waals surface area contributed by atoms with Gasteiger partial charge in [0.1, 0.15) is 5.76 Å². The third-order valence-electron chi connectivity index (χ3n) is 2.87. The van der Waals surface area contributed by atoms with E-state index in [0.717, 1.165) is 11.6 Å². The van der Waals surface area contributed by atoms with Crippen molar-refractivity contribution in [2.75, 3.05) is 0 Å². The van der Waals surface area contributed by atoms with E-state index in [-0.39, 0.29) is 5.76 Å². The number of cyclic esters (lactones) is 1. The first kappa shape index (κ1) is 14.7. The molecule has 0 amide bonds. The molecule has 0 fully saturated rings. The molecular formula is C17H14O4. The van der Waals surface area contributed by atoms with Gasteiger partial charge in [-0.2, -0.15) is 0 Å². The number of rotatable bonds is 4. The Kier molecular flexibility index (Phi) is 4.61. The lowest BCUT2D eigenvalue weighted by atomic mass is 9.96. The van der Waals surface area contributed by atoms with Gasteiger partial charge in [-0.1, -0.05) is 48.6 Å². The number of allylic oxidation sites excluding steroid dienone is 5. The van der Waals surface area contributed by atoms with E-state index in [2.05, 4.69) is 0 Å². The number of hydrogen-bond donors (Lipinski definition) is 0. The molecule has 1 aliphatic heterocycles. The van der Waals surface area contributed by atoms with E-state index >= 15 is 0 Å². The van der Waals surface area contributed by atoms with Gasteiger partial charge in [-0.3, -0.25) is 14.4 Å². The monoisotopic (exact) mass is 282 g/mol. The summed E-state index contributed by atoms with van der Waals surface area (Å²) in [5.41, 5.74) is 0.987. The quantitative estimate of drug-likeness (QED) is 0.368. The highest BCUT2D eigenvalue weighted by Gasteiger charge is 2.36. The van der Waals surface area contributed by atoms with Gasteiger partial charge in [0.25, 0.3) is 0 Å². The van der Waals surface area contributed by atoms with E-state index in [0.29, 0.717) is 0 Å². The van der Waals surface area contributed by atoms with E-state index in [1.54, 1.807) is 6.08 Å². The smallest absolute Gasteiger partial charge is 0.329 e. The Labute approximate surface area is 122 Å². The highest BCUT2D eigenvalue weighted by molar-refractivity contribution is 6.24. The first-order chi connectivity index (χ1) is 10.1. The summed E-state index contributed by atoms with van der Waals surface area (Å²) in [7, 11) is 0. The van der Waals surface area contributed by atoms with Crippen molar-refractivity contribution in [2.24, 2.45) is 5.92 Å². The highest BCUT2D eigenvalue weighted by Crippen LogP contribution is 2.16. The zero-order valence-electron chi connectivity index (χ0n) is 11.5. The zero-order valence-corrected chi connectivity index (χ0v) is 11.5. The van der Waals surface area contributed by atoms with Crippen molar-refractivity contribution in [2.45, 2.75) is 6.92 Å². The summed E-state index contributed by atoms with van der Waals surface area (Å²) in [5.74, 6) is -3.10. The third kappa shape index (κ3) is 3.86. The van der Waals surface area contributed by atoms with Crippen molar-refractivity contribution < 1.29 is 19.1 Å². The van der Waals surface area contributed by atoms with Crippen LogP contribution in [0.15, 0.2) is 60.4 Å². The predicted molar refractivity (Wildman–Crippen MR) is 78.0 cm³/mol. The Morgan fingerprint density at radius 3 is 2.52 bits per heavy atom. The Morgan fingerprint density at radius 2 is 1.86 bits per heavy atom. The number of carbonyl (C=O) groups excluding carboxylic acids is 3. The van der Waals surface area contributed by atoms with Gasteiger partial charge in [0.2, 0.25) is 0 Å². The number of carbonyl (C=O) groups is 3. The highest BCUT2D eigenvalue weighted by atomic mass is 16.5. The average molecular weight is 282 g/mol. The van der Waals surface area contributed by atoms with Crippen LogP contribution in [0.3, 0.4) is 0 Å². The summed E-state index contributed by atoms with van der Waals surface area (Å²) in [5, 5.41) is 0. The molecule has 0 aromatic heterocycles. The minimum Gasteiger partial charge on any atom is -0.430 e. The van der Waals surface area contributed by atoms with Crippen molar-refractivity contribution >= 4 is 23.6 Å². The van der Waals surface area contributed by atoms with Crippen molar-refractivity contribution in [1.29, 1.82) is 0 Å². The fraction of sp³-hybridized carbons (Fsp3) is 0.118. The van der Waals surface area contributed by atoms with Gasteiger partial charge in [-0.15, -0.1) is 0 Å². The summed E-state index contributed by atoms with van der Waals surface area (Å²) < 4.78 is 4.79. The van der Waals surface area contributed by atoms with E-state index in [1.165, 1.54) is 19.1 Å². The predicted octanol–water partition coefficient (Wildman–Crippen LogP) is 2.47. The van der Waals surface area contributed by atoms with Crippen molar-refractivity contribution in [1.82, 2.24) is 0 Å². The van der Waals surface area contributed by atoms with Crippen LogP contribution >= 0.6 is 0 Å². The summed E-state index contributed by atoms with van der Waals surface area (Å²) in [4.78, 5) is 35.1. The normalized spacial score (nSPS) is 18.9. The molecule has 0 aliphatic carbocycles. The van der Waals surface area contributed by atoms with Gasteiger partial charge in [0.05, 0.1) is 0 Å². The number of ether oxygens (including phenoxy) is 1. The van der Waals surface area contributed by atoms with Crippen LogP contribution in [0.5, 0.6) is 0 Å². The molecule has 106 valence electrons. The van der Waals surface area contributed by atoms with Crippen LogP contribution in [0.4, 0.5) is 0 Å². The Morgan fingerprint density at radius 1 is 1.14 bits per heavy atom. The van der Waals surface area contributed by atoms with Crippen LogP contribution in [0.25, 0.3) is 6.08 Å². The Bertz CT molecular complexity index is 651. The number of ketones is 2. The second-order valence-corrected chi connectivity index (χ2v) is 4.54. The topological polar surface area (TPSA) is 60.4 Å². The third-order valence-corrected chi connectivity index (χ3v) is 2.87. The maximum absolute atomic E-state index is 11.9. The van der Waals surface area contributed by atoms with Crippen LogP contribution in [-0.2, 0) is 19.1 Å². The molecule has 1 atom stereocenters. The van der Waals surface area contributed by atoms with Crippen LogP contribution in [0.1, 0.15) is 12.5 Å². The molecule has 2 rings (SSSR count). The van der Waals surface area contributed by atoms with Gasteiger partial charge in [0, 0.05) is 6.08 Å². The fourth-order valence-electron chi connectivity index (χ4n) is 1.88. The standard InChI is InChI=1S/C17H14O4/c1-12-11-15(19)16(17(20)21-12)14(18)10-6-5-9-13-7-3-2-4-8-13/h2-11,16H,1H3/b9-5-,10-6+/t16-/m1/s1. The molecule has 0 bridgehead atoms. The van der Waals surface area contributed by atoms with Gasteiger partial charge >= 0.3 is 5.97 Å². The summed E-state index contributed by atoms with van der Waals surface area (Å²) in [6.45, 7) is 1.49. The lowest BCUT2D eigenvalue weighted by Gasteiger charge is -2.15. The molecule has 0 spiro atoms. The molecule has 1 aromatic rings. The molecule has 4 heteroatoms. The fourth-order valence-corrected chi connectivity index (χ4v) is 1.88. The van der Waals surface area contributed by atoms with Crippen LogP contribution in [-0.4, -0.2) is 17.5 Å². The molecule has 0 saturated heterocycles. The second-order valence-electron chi connectivity index (χ2n) is 4.54. The first-order valence-corrected chi connectivity index (χ1v) is 6.45. The lowest BCUT2D eigenvalue weighted by Crippen LogP contribution is -2.34. The Balaban J connectivity index is 2.01. The van der Waals surface area contributed by atoms with E-state index < -0.39 is 23.5 Å². The molecule has 0 radical (unpaired) electrons. The SMILES string of the molecule is CC1=CC(=O)[C@@H](C(=O)/C=C/C=C\c2ccccc2)C(=O)O1. The number of esters is 1. The summed E-state index contributed by atoms with van der Waals surface area (Å²) in [6.07, 6.45) is 7.36. The average Bonchev–Trinajstić information content (AvgIpc) is 2.43. The van der Waals surface area contributed by atoms with E-state index in [1.807, 2.05) is 36.4 Å². The number of hydrogen-bond acceptors (Lipinski definition) is 4. The molecule has 21 heavy (non-hydrogen) atoms. The van der Waals surface area contributed by atoms with Crippen molar-refractivity contribution in [3.8, 4) is 0 Å². The van der Waals surface area contributed by atoms with Gasteiger partial charge in [-0.25, -0.2) is 0 Å². The van der Waals surface area contributed by atoms with Crippen molar-refractivity contribution in [3.63, 3.8) is 0 Å². The van der Waals surface area contributed by atoms with Gasteiger partial charge < -0.3 is 4.74 Å². The second kappa shape index (κ2) is 6.61. The minimum atomic E-state index is -1.38. The van der Waals surface area contributed by atoms with Crippen LogP contribution < -0.4 is 0 Å². The molecule has 1 heterocycles. The molecule has 1 aromatic carbocycles. The molecule has 0 unspecified atom stereocenters. The molecule has 4 nitrogen and oxygen atoms in total. The van der Waals surface area contributed by atoms with Crippen LogP contribution in [0.2, 0.25) is 0 Å². The molecule has 0 N–H and O–H groups in total. The van der Waals surface area contributed by atoms with Crippen LogP contribution in [0, 0.1) is 5.92 Å². The number of benzene rings is 1. The van der Waals surface area contributed by atoms with E-state index in [9.17, 15) is 14.4 Å². The molecule has 1 aliphatic rings. The largest absolute Gasteiger partial charge is 0.430 e. The molecular weight excluding hydrogens is 268 g/mol. The first-order valence-electron chi connectivity index (χ1n) is 6.45. The van der Waals surface area contributed by atoms with Crippen molar-refractivity contribution in [3.05, 3.63) is 66.0 Å². The van der Waals surface area contributed by atoms with E-state index in [4.69, 9.17) is 4.74 Å². The maximum atomic E-state index is 11.9. The summed E-state index contributed by atoms with van der Waals surface area (Å²) in [6, 6.07) is 9.55. The van der Waals surface area contributed by atoms with Gasteiger partial charge in [0.15, 0.2) is 17.5 Å². The minimum absolute atomic E-state index is 0.210. The Hall–Kier alpha value is -2.75. The summed E-state index contributed by atoms with van der Waals surface area (Å²) >= 11 is 0. The molecule has 0 saturated carbocycles.